The summed E-state index contributed by atoms with van der Waals surface area (Å²) in [7, 11) is 4.11. The van der Waals surface area contributed by atoms with Crippen LogP contribution in [0.2, 0.25) is 0 Å². The Balaban J connectivity index is 1.19. The number of anilines is 1. The minimum Gasteiger partial charge on any atom is -0.377 e. The summed E-state index contributed by atoms with van der Waals surface area (Å²) in [5.74, 6) is 0.0495. The third-order valence-electron chi connectivity index (χ3n) is 9.18. The molecule has 3 aliphatic heterocycles. The fourth-order valence-electron chi connectivity index (χ4n) is 6.73. The van der Waals surface area contributed by atoms with E-state index in [-0.39, 0.29) is 41.2 Å². The van der Waals surface area contributed by atoms with Crippen molar-refractivity contribution in [2.45, 2.75) is 31.3 Å². The van der Waals surface area contributed by atoms with Crippen molar-refractivity contribution in [1.82, 2.24) is 14.7 Å². The number of benzene rings is 3. The Kier molecular flexibility index (Phi) is 7.17. The fraction of sp³-hybridized carbons (Fsp3) is 0.333. The van der Waals surface area contributed by atoms with E-state index in [1.165, 1.54) is 5.56 Å². The Hall–Kier alpha value is -4.56. The number of nitrogens with one attached hydrogen (secondary N) is 1. The van der Waals surface area contributed by atoms with Gasteiger partial charge in [-0.05, 0) is 61.8 Å². The SMILES string of the molecule is C=C1N=C2c3c(cccc3C1=O)NC(c1ccc(CN(C)C)cc1)C2c1ccc(C(=O)N2CCN(C(=O)C3CC3)CC2)cc1. The van der Waals surface area contributed by atoms with Crippen molar-refractivity contribution in [3.8, 4) is 0 Å². The van der Waals surface area contributed by atoms with E-state index in [2.05, 4.69) is 55.2 Å². The molecule has 3 aromatic carbocycles. The maximum absolute atomic E-state index is 13.5. The van der Waals surface area contributed by atoms with E-state index < -0.39 is 0 Å². The summed E-state index contributed by atoms with van der Waals surface area (Å²) in [5.41, 5.74) is 7.33. The van der Waals surface area contributed by atoms with Gasteiger partial charge in [0.1, 0.15) is 5.70 Å². The summed E-state index contributed by atoms with van der Waals surface area (Å²) < 4.78 is 0. The van der Waals surface area contributed by atoms with Crippen molar-refractivity contribution in [2.24, 2.45) is 10.9 Å². The van der Waals surface area contributed by atoms with Crippen LogP contribution in [0, 0.1) is 5.92 Å². The minimum atomic E-state index is -0.214. The van der Waals surface area contributed by atoms with E-state index in [1.54, 1.807) is 0 Å². The Morgan fingerprint density at radius 2 is 1.57 bits per heavy atom. The van der Waals surface area contributed by atoms with Crippen molar-refractivity contribution in [3.05, 3.63) is 112 Å². The first-order chi connectivity index (χ1) is 21.3. The van der Waals surface area contributed by atoms with Crippen LogP contribution in [0.5, 0.6) is 0 Å². The third kappa shape index (κ3) is 5.13. The van der Waals surface area contributed by atoms with Gasteiger partial charge in [-0.3, -0.25) is 14.4 Å². The third-order valence-corrected chi connectivity index (χ3v) is 9.18. The monoisotopic (exact) mass is 587 g/mol. The van der Waals surface area contributed by atoms with Crippen LogP contribution >= 0.6 is 0 Å². The van der Waals surface area contributed by atoms with E-state index in [4.69, 9.17) is 4.99 Å². The Morgan fingerprint density at radius 3 is 2.23 bits per heavy atom. The van der Waals surface area contributed by atoms with E-state index in [0.717, 1.165) is 47.5 Å². The quantitative estimate of drug-likeness (QED) is 0.415. The highest BCUT2D eigenvalue weighted by molar-refractivity contribution is 6.25. The van der Waals surface area contributed by atoms with Gasteiger partial charge in [0.15, 0.2) is 0 Å². The molecule has 0 radical (unpaired) electrons. The number of Topliss-reactive ketones (excluding diaryl/α,β-unsaturated/α-hetero) is 1. The molecule has 8 nitrogen and oxygen atoms in total. The summed E-state index contributed by atoms with van der Waals surface area (Å²) in [6.45, 7) is 7.11. The highest BCUT2D eigenvalue weighted by Gasteiger charge is 2.41. The van der Waals surface area contributed by atoms with Gasteiger partial charge in [0.2, 0.25) is 11.7 Å². The van der Waals surface area contributed by atoms with Gasteiger partial charge >= 0.3 is 0 Å². The maximum Gasteiger partial charge on any atom is 0.253 e. The summed E-state index contributed by atoms with van der Waals surface area (Å²) in [5, 5.41) is 3.73. The fourth-order valence-corrected chi connectivity index (χ4v) is 6.73. The molecule has 0 bridgehead atoms. The smallest absolute Gasteiger partial charge is 0.253 e. The zero-order valence-electron chi connectivity index (χ0n) is 25.3. The van der Waals surface area contributed by atoms with Gasteiger partial charge in [-0.1, -0.05) is 55.1 Å². The lowest BCUT2D eigenvalue weighted by atomic mass is 9.75. The van der Waals surface area contributed by atoms with E-state index in [0.29, 0.717) is 37.3 Å². The van der Waals surface area contributed by atoms with Crippen molar-refractivity contribution in [3.63, 3.8) is 0 Å². The molecule has 1 saturated heterocycles. The van der Waals surface area contributed by atoms with Gasteiger partial charge in [-0.15, -0.1) is 0 Å². The molecule has 2 amide bonds. The normalized spacial score (nSPS) is 21.1. The average molecular weight is 588 g/mol. The van der Waals surface area contributed by atoms with Crippen LogP contribution in [0.1, 0.15) is 67.8 Å². The number of rotatable bonds is 6. The summed E-state index contributed by atoms with van der Waals surface area (Å²) in [6, 6.07) is 22.0. The zero-order chi connectivity index (χ0) is 30.5. The van der Waals surface area contributed by atoms with Gasteiger partial charge in [0.05, 0.1) is 17.7 Å². The molecule has 4 aliphatic rings. The van der Waals surface area contributed by atoms with Crippen LogP contribution in [0.15, 0.2) is 84.0 Å². The number of hydrogen-bond acceptors (Lipinski definition) is 6. The predicted octanol–water partition coefficient (Wildman–Crippen LogP) is 4.89. The van der Waals surface area contributed by atoms with Gasteiger partial charge in [-0.2, -0.15) is 0 Å². The Labute approximate surface area is 258 Å². The molecular weight excluding hydrogens is 550 g/mol. The number of aliphatic imine (C=N–C) groups is 1. The number of nitrogens with zero attached hydrogens (tertiary/aromatic N) is 4. The maximum atomic E-state index is 13.5. The second-order valence-electron chi connectivity index (χ2n) is 12.6. The van der Waals surface area contributed by atoms with Gasteiger partial charge in [0.25, 0.3) is 5.91 Å². The lowest BCUT2D eigenvalue weighted by Crippen LogP contribution is -2.51. The van der Waals surface area contributed by atoms with Crippen molar-refractivity contribution in [2.75, 3.05) is 45.6 Å². The largest absolute Gasteiger partial charge is 0.377 e. The number of carbonyl (C=O) groups is 3. The topological polar surface area (TPSA) is 85.3 Å². The van der Waals surface area contributed by atoms with Crippen LogP contribution in [0.4, 0.5) is 5.69 Å². The van der Waals surface area contributed by atoms with Crippen LogP contribution in [0.3, 0.4) is 0 Å². The molecule has 2 atom stereocenters. The highest BCUT2D eigenvalue weighted by Crippen LogP contribution is 2.46. The summed E-state index contributed by atoms with van der Waals surface area (Å²) in [4.78, 5) is 49.7. The molecule has 7 rings (SSSR count). The van der Waals surface area contributed by atoms with Crippen molar-refractivity contribution in [1.29, 1.82) is 0 Å². The molecule has 1 N–H and O–H groups in total. The van der Waals surface area contributed by atoms with Gasteiger partial charge in [-0.25, -0.2) is 4.99 Å². The minimum absolute atomic E-state index is 0.0218. The van der Waals surface area contributed by atoms with Crippen LogP contribution < -0.4 is 5.32 Å². The number of carbonyl (C=O) groups excluding carboxylic acids is 3. The van der Waals surface area contributed by atoms with Gasteiger partial charge < -0.3 is 20.0 Å². The molecule has 224 valence electrons. The van der Waals surface area contributed by atoms with Crippen LogP contribution in [0.25, 0.3) is 0 Å². The van der Waals surface area contributed by atoms with Gasteiger partial charge in [0, 0.05) is 61.0 Å². The first-order valence-corrected chi connectivity index (χ1v) is 15.4. The number of allylic oxidation sites excluding steroid dienone is 1. The molecular formula is C36H37N5O3. The summed E-state index contributed by atoms with van der Waals surface area (Å²) >= 11 is 0. The van der Waals surface area contributed by atoms with Crippen LogP contribution in [-0.2, 0) is 11.3 Å². The first kappa shape index (κ1) is 28.2. The molecule has 3 heterocycles. The lowest BCUT2D eigenvalue weighted by Gasteiger charge is -2.39. The van der Waals surface area contributed by atoms with Crippen molar-refractivity contribution >= 4 is 29.0 Å². The molecule has 2 unspecified atom stereocenters. The molecule has 1 aliphatic carbocycles. The molecule has 3 aromatic rings. The number of hydrogen-bond donors (Lipinski definition) is 1. The molecule has 44 heavy (non-hydrogen) atoms. The second kappa shape index (κ2) is 11.2. The molecule has 0 spiro atoms. The molecule has 1 saturated carbocycles. The van der Waals surface area contributed by atoms with E-state index in [1.807, 2.05) is 52.3 Å². The number of ketones is 1. The number of piperazine rings is 1. The molecule has 0 aromatic heterocycles. The van der Waals surface area contributed by atoms with Crippen molar-refractivity contribution < 1.29 is 14.4 Å². The van der Waals surface area contributed by atoms with Crippen LogP contribution in [-0.4, -0.2) is 78.3 Å². The first-order valence-electron chi connectivity index (χ1n) is 15.4. The second-order valence-corrected chi connectivity index (χ2v) is 12.6. The zero-order valence-corrected chi connectivity index (χ0v) is 25.3. The molecule has 2 fully saturated rings. The van der Waals surface area contributed by atoms with E-state index in [9.17, 15) is 14.4 Å². The molecule has 8 heteroatoms. The predicted molar refractivity (Wildman–Crippen MR) is 171 cm³/mol. The number of amides is 2. The van der Waals surface area contributed by atoms with E-state index >= 15 is 0 Å². The average Bonchev–Trinajstić information content (AvgIpc) is 3.89. The Bertz CT molecular complexity index is 1680. The highest BCUT2D eigenvalue weighted by atomic mass is 16.2. The Morgan fingerprint density at radius 1 is 0.909 bits per heavy atom. The lowest BCUT2D eigenvalue weighted by molar-refractivity contribution is -0.134. The summed E-state index contributed by atoms with van der Waals surface area (Å²) in [6.07, 6.45) is 1.99. The standard InChI is InChI=1S/C36H37N5O3/c1-22-34(42)28-5-4-6-29-31(28)33(37-22)30(32(38-29)25-9-7-23(8-10-25)21-39(2)3)24-11-13-26(14-12-24)35(43)40-17-19-41(20-18-40)36(44)27-15-16-27/h4-14,27,30,32,38H,1,15-21H2,2-3H3.